The first-order valence-corrected chi connectivity index (χ1v) is 12.4. The topological polar surface area (TPSA) is 133 Å². The quantitative estimate of drug-likeness (QED) is 0.335. The lowest BCUT2D eigenvalue weighted by atomic mass is 10.2. The van der Waals surface area contributed by atoms with Crippen molar-refractivity contribution in [2.45, 2.75) is 10.1 Å². The third-order valence-electron chi connectivity index (χ3n) is 5.40. The molecule has 2 aromatic carbocycles. The van der Waals surface area contributed by atoms with Gasteiger partial charge in [-0.05, 0) is 55.2 Å². The summed E-state index contributed by atoms with van der Waals surface area (Å²) in [5.41, 5.74) is 3.49. The number of nitrogens with two attached hydrogens (primary N) is 1. The van der Waals surface area contributed by atoms with E-state index in [1.54, 1.807) is 18.2 Å². The molecule has 0 bridgehead atoms. The van der Waals surface area contributed by atoms with Crippen molar-refractivity contribution in [2.24, 2.45) is 5.84 Å². The zero-order valence-corrected chi connectivity index (χ0v) is 21.6. The average molecular weight is 545 g/mol. The van der Waals surface area contributed by atoms with Crippen molar-refractivity contribution in [1.82, 2.24) is 24.8 Å². The summed E-state index contributed by atoms with van der Waals surface area (Å²) in [5.74, 6) is 6.24. The highest BCUT2D eigenvalue weighted by atomic mass is 35.5. The van der Waals surface area contributed by atoms with Crippen LogP contribution in [0.5, 0.6) is 5.75 Å². The third-order valence-corrected chi connectivity index (χ3v) is 6.88. The van der Waals surface area contributed by atoms with Crippen LogP contribution < -0.4 is 16.0 Å². The van der Waals surface area contributed by atoms with E-state index in [0.29, 0.717) is 34.4 Å². The standard InChI is InChI=1S/C23H22Cl2N8O2S/c1-32-7-9-33(10-8-32)21(34)14-2-4-15(5-3-14)36-23-29-20(28-22(30-23)31-27)16-12-19(35-11-6-26)18(25)13-17(16)24/h2-5,12-13H,7-11,27H2,1H3,(H,28,29,30,31). The van der Waals surface area contributed by atoms with Gasteiger partial charge in [0.15, 0.2) is 17.6 Å². The van der Waals surface area contributed by atoms with E-state index in [1.165, 1.54) is 17.8 Å². The van der Waals surface area contributed by atoms with Crippen LogP contribution in [0.2, 0.25) is 10.0 Å². The lowest BCUT2D eigenvalue weighted by molar-refractivity contribution is 0.0664. The van der Waals surface area contributed by atoms with Crippen LogP contribution in [-0.2, 0) is 0 Å². The number of hydrazine groups is 1. The number of ether oxygens (including phenoxy) is 1. The number of likely N-dealkylation sites (N-methyl/N-ethyl adjacent to an activating group) is 1. The van der Waals surface area contributed by atoms with Crippen molar-refractivity contribution in [1.29, 1.82) is 5.26 Å². The smallest absolute Gasteiger partial charge is 0.253 e. The molecule has 3 aromatic rings. The molecule has 1 aromatic heterocycles. The maximum atomic E-state index is 12.8. The number of nitriles is 1. The number of carbonyl (C=O) groups is 1. The van der Waals surface area contributed by atoms with Crippen molar-refractivity contribution >= 4 is 46.8 Å². The van der Waals surface area contributed by atoms with Crippen LogP contribution in [0.1, 0.15) is 10.4 Å². The minimum absolute atomic E-state index is 0.0171. The molecule has 4 rings (SSSR count). The fourth-order valence-electron chi connectivity index (χ4n) is 3.47. The van der Waals surface area contributed by atoms with Gasteiger partial charge in [0.2, 0.25) is 5.95 Å². The average Bonchev–Trinajstić information content (AvgIpc) is 2.88. The fourth-order valence-corrected chi connectivity index (χ4v) is 4.74. The molecule has 13 heteroatoms. The molecule has 3 N–H and O–H groups in total. The second-order valence-corrected chi connectivity index (χ2v) is 9.70. The minimum Gasteiger partial charge on any atom is -0.477 e. The maximum absolute atomic E-state index is 12.8. The van der Waals surface area contributed by atoms with Gasteiger partial charge in [-0.1, -0.05) is 23.2 Å². The number of hydrogen-bond acceptors (Lipinski definition) is 10. The maximum Gasteiger partial charge on any atom is 0.253 e. The summed E-state index contributed by atoms with van der Waals surface area (Å²) < 4.78 is 5.36. The Labute approximate surface area is 222 Å². The van der Waals surface area contributed by atoms with E-state index in [2.05, 4.69) is 25.3 Å². The number of hydrogen-bond donors (Lipinski definition) is 2. The molecule has 0 saturated carbocycles. The van der Waals surface area contributed by atoms with Gasteiger partial charge in [-0.25, -0.2) is 10.8 Å². The molecule has 1 amide bonds. The Hall–Kier alpha value is -3.14. The van der Waals surface area contributed by atoms with Crippen LogP contribution in [0.4, 0.5) is 5.95 Å². The lowest BCUT2D eigenvalue weighted by Crippen LogP contribution is -2.47. The Balaban J connectivity index is 1.56. The van der Waals surface area contributed by atoms with Crippen molar-refractivity contribution < 1.29 is 9.53 Å². The van der Waals surface area contributed by atoms with Gasteiger partial charge >= 0.3 is 0 Å². The van der Waals surface area contributed by atoms with Gasteiger partial charge in [0.25, 0.3) is 5.91 Å². The number of halogens is 2. The summed E-state index contributed by atoms with van der Waals surface area (Å²) in [6.07, 6.45) is 0. The molecular formula is C23H22Cl2N8O2S. The number of piperazine rings is 1. The van der Waals surface area contributed by atoms with Crippen LogP contribution in [0.3, 0.4) is 0 Å². The van der Waals surface area contributed by atoms with Crippen LogP contribution in [0.15, 0.2) is 46.5 Å². The molecule has 0 atom stereocenters. The first kappa shape index (κ1) is 25.9. The van der Waals surface area contributed by atoms with Crippen molar-refractivity contribution in [3.8, 4) is 23.2 Å². The molecule has 0 radical (unpaired) electrons. The normalized spacial score (nSPS) is 13.8. The second-order valence-electron chi connectivity index (χ2n) is 7.84. The number of aromatic nitrogens is 3. The molecule has 1 aliphatic heterocycles. The van der Waals surface area contributed by atoms with Gasteiger partial charge in [0.05, 0.1) is 10.0 Å². The molecule has 1 saturated heterocycles. The van der Waals surface area contributed by atoms with E-state index < -0.39 is 0 Å². The van der Waals surface area contributed by atoms with Crippen molar-refractivity contribution in [2.75, 3.05) is 45.3 Å². The molecule has 0 spiro atoms. The molecule has 1 fully saturated rings. The fraction of sp³-hybridized carbons (Fsp3) is 0.261. The summed E-state index contributed by atoms with van der Waals surface area (Å²) >= 11 is 13.8. The predicted octanol–water partition coefficient (Wildman–Crippen LogP) is 3.57. The van der Waals surface area contributed by atoms with E-state index in [1.807, 2.05) is 30.1 Å². The highest BCUT2D eigenvalue weighted by Gasteiger charge is 2.20. The Morgan fingerprint density at radius 3 is 2.53 bits per heavy atom. The third kappa shape index (κ3) is 6.16. The highest BCUT2D eigenvalue weighted by molar-refractivity contribution is 7.99. The number of nitrogens with zero attached hydrogens (tertiary/aromatic N) is 6. The molecule has 186 valence electrons. The van der Waals surface area contributed by atoms with Gasteiger partial charge < -0.3 is 14.5 Å². The number of rotatable bonds is 7. The van der Waals surface area contributed by atoms with Gasteiger partial charge in [-0.15, -0.1) is 0 Å². The SMILES string of the molecule is CN1CCN(C(=O)c2ccc(Sc3nc(NN)nc(-c4cc(OCC#N)c(Cl)cc4Cl)n3)cc2)CC1. The van der Waals surface area contributed by atoms with Crippen LogP contribution in [0, 0.1) is 11.3 Å². The van der Waals surface area contributed by atoms with E-state index in [0.717, 1.165) is 18.0 Å². The zero-order valence-electron chi connectivity index (χ0n) is 19.2. The Kier molecular flexibility index (Phi) is 8.45. The van der Waals surface area contributed by atoms with Gasteiger partial charge in [0, 0.05) is 42.2 Å². The van der Waals surface area contributed by atoms with Gasteiger partial charge in [-0.3, -0.25) is 10.2 Å². The lowest BCUT2D eigenvalue weighted by Gasteiger charge is -2.32. The molecule has 1 aliphatic rings. The van der Waals surface area contributed by atoms with Crippen LogP contribution >= 0.6 is 35.0 Å². The summed E-state index contributed by atoms with van der Waals surface area (Å²) in [6, 6.07) is 12.2. The van der Waals surface area contributed by atoms with Gasteiger partial charge in [0.1, 0.15) is 11.8 Å². The van der Waals surface area contributed by atoms with Crippen molar-refractivity contribution in [3.05, 3.63) is 52.0 Å². The summed E-state index contributed by atoms with van der Waals surface area (Å²) in [6.45, 7) is 2.97. The van der Waals surface area contributed by atoms with E-state index >= 15 is 0 Å². The first-order valence-electron chi connectivity index (χ1n) is 10.9. The van der Waals surface area contributed by atoms with Crippen LogP contribution in [-0.4, -0.2) is 70.5 Å². The number of nitrogen functional groups attached to an aromatic ring is 1. The summed E-state index contributed by atoms with van der Waals surface area (Å²) in [5, 5.41) is 9.71. The highest BCUT2D eigenvalue weighted by Crippen LogP contribution is 2.37. The molecule has 0 aliphatic carbocycles. The number of nitrogens with one attached hydrogen (secondary N) is 1. The Bertz CT molecular complexity index is 1290. The first-order chi connectivity index (χ1) is 17.4. The molecular weight excluding hydrogens is 523 g/mol. The predicted molar refractivity (Wildman–Crippen MR) is 138 cm³/mol. The number of carbonyl (C=O) groups excluding carboxylic acids is 1. The van der Waals surface area contributed by atoms with Crippen LogP contribution in [0.25, 0.3) is 11.4 Å². The molecule has 36 heavy (non-hydrogen) atoms. The monoisotopic (exact) mass is 544 g/mol. The van der Waals surface area contributed by atoms with Gasteiger partial charge in [-0.2, -0.15) is 15.2 Å². The van der Waals surface area contributed by atoms with E-state index in [4.69, 9.17) is 39.0 Å². The summed E-state index contributed by atoms with van der Waals surface area (Å²) in [7, 11) is 2.05. The van der Waals surface area contributed by atoms with E-state index in [9.17, 15) is 4.79 Å². The van der Waals surface area contributed by atoms with E-state index in [-0.39, 0.29) is 35.1 Å². The zero-order chi connectivity index (χ0) is 25.7. The largest absolute Gasteiger partial charge is 0.477 e. The summed E-state index contributed by atoms with van der Waals surface area (Å²) in [4.78, 5) is 30.8. The molecule has 10 nitrogen and oxygen atoms in total. The number of amides is 1. The number of anilines is 1. The van der Waals surface area contributed by atoms with Crippen molar-refractivity contribution in [3.63, 3.8) is 0 Å². The molecule has 0 unspecified atom stereocenters. The Morgan fingerprint density at radius 1 is 1.14 bits per heavy atom. The second kappa shape index (κ2) is 11.7. The number of benzene rings is 2. The minimum atomic E-state index is -0.179. The Morgan fingerprint density at radius 2 is 1.86 bits per heavy atom. The molecule has 2 heterocycles.